The third-order valence-corrected chi connectivity index (χ3v) is 5.11. The molecule has 6 nitrogen and oxygen atoms in total. The van der Waals surface area contributed by atoms with Crippen molar-refractivity contribution in [3.8, 4) is 0 Å². The van der Waals surface area contributed by atoms with Gasteiger partial charge >= 0.3 is 5.97 Å². The van der Waals surface area contributed by atoms with Crippen molar-refractivity contribution < 1.29 is 23.4 Å². The van der Waals surface area contributed by atoms with Crippen molar-refractivity contribution in [3.05, 3.63) is 28.8 Å². The summed E-state index contributed by atoms with van der Waals surface area (Å²) in [6.07, 6.45) is -0.274. The zero-order valence-corrected chi connectivity index (χ0v) is 11.4. The van der Waals surface area contributed by atoms with Gasteiger partial charge in [0, 0.05) is 13.1 Å². The highest BCUT2D eigenvalue weighted by Crippen LogP contribution is 2.25. The Morgan fingerprint density at radius 2 is 2.11 bits per heavy atom. The van der Waals surface area contributed by atoms with Crippen LogP contribution in [0.5, 0.6) is 0 Å². The minimum absolute atomic E-state index is 0.0423. The van der Waals surface area contributed by atoms with Crippen LogP contribution in [-0.4, -0.2) is 48.1 Å². The molecule has 2 rings (SSSR count). The number of benzene rings is 1. The Hall–Kier alpha value is -1.15. The van der Waals surface area contributed by atoms with E-state index in [4.69, 9.17) is 16.7 Å². The van der Waals surface area contributed by atoms with E-state index in [0.29, 0.717) is 6.42 Å². The quantitative estimate of drug-likeness (QED) is 0.861. The van der Waals surface area contributed by atoms with Crippen LogP contribution >= 0.6 is 11.6 Å². The molecular formula is C11H12ClNO5S. The average Bonchev–Trinajstić information content (AvgIpc) is 2.76. The van der Waals surface area contributed by atoms with Crippen molar-refractivity contribution in [1.82, 2.24) is 4.31 Å². The second-order valence-electron chi connectivity index (χ2n) is 4.25. The van der Waals surface area contributed by atoms with E-state index >= 15 is 0 Å². The van der Waals surface area contributed by atoms with Gasteiger partial charge in [-0.1, -0.05) is 11.6 Å². The third kappa shape index (κ3) is 2.74. The number of hydrogen-bond acceptors (Lipinski definition) is 4. The van der Waals surface area contributed by atoms with Gasteiger partial charge in [-0.15, -0.1) is 0 Å². The molecule has 8 heteroatoms. The smallest absolute Gasteiger partial charge is 0.337 e. The summed E-state index contributed by atoms with van der Waals surface area (Å²) in [6.45, 7) is 0.280. The summed E-state index contributed by atoms with van der Waals surface area (Å²) in [5.41, 5.74) is -0.151. The topological polar surface area (TPSA) is 94.9 Å². The highest BCUT2D eigenvalue weighted by atomic mass is 35.5. The lowest BCUT2D eigenvalue weighted by molar-refractivity contribution is 0.0697. The van der Waals surface area contributed by atoms with E-state index in [0.717, 1.165) is 16.4 Å². The van der Waals surface area contributed by atoms with Gasteiger partial charge in [0.2, 0.25) is 10.0 Å². The molecule has 1 saturated heterocycles. The maximum Gasteiger partial charge on any atom is 0.337 e. The second kappa shape index (κ2) is 5.09. The first-order valence-corrected chi connectivity index (χ1v) is 7.35. The number of carbonyl (C=O) groups is 1. The van der Waals surface area contributed by atoms with Crippen molar-refractivity contribution in [3.63, 3.8) is 0 Å². The largest absolute Gasteiger partial charge is 0.478 e. The van der Waals surface area contributed by atoms with Crippen LogP contribution in [0.15, 0.2) is 23.1 Å². The molecule has 0 bridgehead atoms. The number of halogens is 1. The molecule has 1 aromatic rings. The van der Waals surface area contributed by atoms with Gasteiger partial charge in [-0.05, 0) is 24.6 Å². The zero-order valence-electron chi connectivity index (χ0n) is 9.78. The summed E-state index contributed by atoms with van der Waals surface area (Å²) >= 11 is 5.75. The number of aliphatic hydroxyl groups excluding tert-OH is 1. The number of carboxylic acid groups (broad SMARTS) is 1. The van der Waals surface area contributed by atoms with Gasteiger partial charge in [0.1, 0.15) is 0 Å². The minimum Gasteiger partial charge on any atom is -0.478 e. The normalized spacial score (nSPS) is 20.6. The first kappa shape index (κ1) is 14.3. The van der Waals surface area contributed by atoms with Crippen molar-refractivity contribution in [2.24, 2.45) is 0 Å². The van der Waals surface area contributed by atoms with Crippen molar-refractivity contribution in [2.75, 3.05) is 13.1 Å². The summed E-state index contributed by atoms with van der Waals surface area (Å²) in [7, 11) is -3.74. The highest BCUT2D eigenvalue weighted by Gasteiger charge is 2.32. The molecule has 0 saturated carbocycles. The van der Waals surface area contributed by atoms with Gasteiger partial charge in [0.15, 0.2) is 0 Å². The summed E-state index contributed by atoms with van der Waals surface area (Å²) < 4.78 is 25.6. The second-order valence-corrected chi connectivity index (χ2v) is 6.60. The molecule has 19 heavy (non-hydrogen) atoms. The molecule has 1 atom stereocenters. The maximum absolute atomic E-state index is 12.2. The molecule has 1 aromatic carbocycles. The number of hydrogen-bond donors (Lipinski definition) is 2. The van der Waals surface area contributed by atoms with Crippen LogP contribution in [0.1, 0.15) is 16.8 Å². The molecular weight excluding hydrogens is 294 g/mol. The molecule has 0 radical (unpaired) electrons. The molecule has 104 valence electrons. The number of sulfonamides is 1. The summed E-state index contributed by atoms with van der Waals surface area (Å²) in [4.78, 5) is 10.7. The number of aliphatic hydroxyl groups is 1. The van der Waals surface area contributed by atoms with Crippen LogP contribution in [-0.2, 0) is 10.0 Å². The highest BCUT2D eigenvalue weighted by molar-refractivity contribution is 7.89. The monoisotopic (exact) mass is 305 g/mol. The molecule has 1 fully saturated rings. The van der Waals surface area contributed by atoms with E-state index in [1.165, 1.54) is 6.07 Å². The molecule has 0 aromatic heterocycles. The van der Waals surface area contributed by atoms with Crippen molar-refractivity contribution >= 4 is 27.6 Å². The van der Waals surface area contributed by atoms with Gasteiger partial charge in [0.05, 0.1) is 21.6 Å². The van der Waals surface area contributed by atoms with Crippen LogP contribution in [0.4, 0.5) is 0 Å². The predicted molar refractivity (Wildman–Crippen MR) is 67.8 cm³/mol. The van der Waals surface area contributed by atoms with E-state index in [-0.39, 0.29) is 28.6 Å². The van der Waals surface area contributed by atoms with E-state index < -0.39 is 22.1 Å². The minimum atomic E-state index is -3.74. The Morgan fingerprint density at radius 1 is 1.42 bits per heavy atom. The molecule has 1 heterocycles. The Kier molecular flexibility index (Phi) is 3.82. The first-order valence-electron chi connectivity index (χ1n) is 5.53. The van der Waals surface area contributed by atoms with Crippen LogP contribution in [0.25, 0.3) is 0 Å². The van der Waals surface area contributed by atoms with Crippen LogP contribution in [0.3, 0.4) is 0 Å². The lowest BCUT2D eigenvalue weighted by atomic mass is 10.2. The number of rotatable bonds is 3. The van der Waals surface area contributed by atoms with Gasteiger partial charge < -0.3 is 10.2 Å². The van der Waals surface area contributed by atoms with Gasteiger partial charge in [-0.3, -0.25) is 0 Å². The van der Waals surface area contributed by atoms with Crippen molar-refractivity contribution in [1.29, 1.82) is 0 Å². The van der Waals surface area contributed by atoms with Crippen LogP contribution in [0, 0.1) is 0 Å². The van der Waals surface area contributed by atoms with E-state index in [9.17, 15) is 18.3 Å². The maximum atomic E-state index is 12.2. The lowest BCUT2D eigenvalue weighted by Gasteiger charge is -2.16. The zero-order chi connectivity index (χ0) is 14.2. The molecule has 0 aliphatic carbocycles. The Labute approximate surface area is 115 Å². The Morgan fingerprint density at radius 3 is 2.58 bits per heavy atom. The standard InChI is InChI=1S/C11H12ClNO5S/c12-10-5-8(1-2-9(10)11(15)16)19(17,18)13-4-3-7(14)6-13/h1-2,5,7,14H,3-4,6H2,(H,15,16). The molecule has 0 amide bonds. The fourth-order valence-corrected chi connectivity index (χ4v) is 3.75. The van der Waals surface area contributed by atoms with Gasteiger partial charge in [-0.2, -0.15) is 4.31 Å². The van der Waals surface area contributed by atoms with E-state index in [2.05, 4.69) is 0 Å². The average molecular weight is 306 g/mol. The summed E-state index contributed by atoms with van der Waals surface area (Å²) in [6, 6.07) is 3.48. The predicted octanol–water partition coefficient (Wildman–Crippen LogP) is 0.794. The summed E-state index contributed by atoms with van der Waals surface area (Å²) in [5.74, 6) is -1.22. The van der Waals surface area contributed by atoms with Gasteiger partial charge in [-0.25, -0.2) is 13.2 Å². The first-order chi connectivity index (χ1) is 8.82. The SMILES string of the molecule is O=C(O)c1ccc(S(=O)(=O)N2CCC(O)C2)cc1Cl. The summed E-state index contributed by atoms with van der Waals surface area (Å²) in [5, 5.41) is 18.1. The van der Waals surface area contributed by atoms with Crippen LogP contribution in [0.2, 0.25) is 5.02 Å². The van der Waals surface area contributed by atoms with Crippen molar-refractivity contribution in [2.45, 2.75) is 17.4 Å². The molecule has 1 unspecified atom stereocenters. The number of aromatic carboxylic acids is 1. The molecule has 1 aliphatic rings. The molecule has 1 aliphatic heterocycles. The number of carboxylic acids is 1. The molecule has 0 spiro atoms. The third-order valence-electron chi connectivity index (χ3n) is 2.93. The Balaban J connectivity index is 2.36. The van der Waals surface area contributed by atoms with E-state index in [1.807, 2.05) is 0 Å². The van der Waals surface area contributed by atoms with Crippen LogP contribution < -0.4 is 0 Å². The Bertz CT molecular complexity index is 616. The van der Waals surface area contributed by atoms with Gasteiger partial charge in [0.25, 0.3) is 0 Å². The fraction of sp³-hybridized carbons (Fsp3) is 0.364. The lowest BCUT2D eigenvalue weighted by Crippen LogP contribution is -2.29. The fourth-order valence-electron chi connectivity index (χ4n) is 1.91. The van der Waals surface area contributed by atoms with E-state index in [1.54, 1.807) is 0 Å². The number of β-amino-alcohol motifs (C(OH)–C–C–N with tert-alkyl or cyclic N) is 1. The molecule has 2 N–H and O–H groups in total. The number of nitrogens with zero attached hydrogens (tertiary/aromatic N) is 1.